The number of carbonyl (C=O) groups is 1. The van der Waals surface area contributed by atoms with E-state index in [1.165, 1.54) is 0 Å². The van der Waals surface area contributed by atoms with E-state index < -0.39 is 6.04 Å². The monoisotopic (exact) mass is 366 g/mol. The van der Waals surface area contributed by atoms with Crippen molar-refractivity contribution in [3.63, 3.8) is 0 Å². The first-order chi connectivity index (χ1) is 12.9. The Kier molecular flexibility index (Phi) is 5.21. The summed E-state index contributed by atoms with van der Waals surface area (Å²) in [7, 11) is 1.60. The number of hydrogen-bond acceptors (Lipinski definition) is 5. The molecule has 0 spiro atoms. The topological polar surface area (TPSA) is 86.1 Å². The van der Waals surface area contributed by atoms with Gasteiger partial charge in [0, 0.05) is 5.56 Å². The van der Waals surface area contributed by atoms with E-state index in [-0.39, 0.29) is 17.5 Å². The highest BCUT2D eigenvalue weighted by Crippen LogP contribution is 2.26. The second-order valence-corrected chi connectivity index (χ2v) is 6.51. The predicted molar refractivity (Wildman–Crippen MR) is 103 cm³/mol. The van der Waals surface area contributed by atoms with Crippen LogP contribution in [0.4, 0.5) is 0 Å². The number of nitrogens with one attached hydrogen (secondary N) is 1. The van der Waals surface area contributed by atoms with Gasteiger partial charge in [-0.1, -0.05) is 29.5 Å². The van der Waals surface area contributed by atoms with E-state index in [0.717, 1.165) is 15.8 Å². The number of aryl methyl sites for hydroxylation is 1. The lowest BCUT2D eigenvalue weighted by Crippen LogP contribution is -2.38. The number of methoxy groups -OCH3 is 1. The van der Waals surface area contributed by atoms with E-state index >= 15 is 0 Å². The largest absolute Gasteiger partial charge is 0.496 e. The SMILES string of the molecule is COc1cc(C)ccc1C(C)NC(=O)C(C)n1nnc2ccccc2c1=O. The maximum atomic E-state index is 12.7. The summed E-state index contributed by atoms with van der Waals surface area (Å²) in [6, 6.07) is 11.6. The Labute approximate surface area is 157 Å². The molecule has 7 heteroatoms. The normalized spacial score (nSPS) is 13.2. The number of hydrogen-bond donors (Lipinski definition) is 1. The van der Waals surface area contributed by atoms with Crippen LogP contribution in [0, 0.1) is 6.92 Å². The average molecular weight is 366 g/mol. The Morgan fingerprint density at radius 2 is 1.93 bits per heavy atom. The Morgan fingerprint density at radius 1 is 1.19 bits per heavy atom. The molecule has 0 bridgehead atoms. The first-order valence-corrected chi connectivity index (χ1v) is 8.71. The summed E-state index contributed by atoms with van der Waals surface area (Å²) in [5.74, 6) is 0.384. The van der Waals surface area contributed by atoms with Crippen molar-refractivity contribution in [2.75, 3.05) is 7.11 Å². The molecule has 0 aliphatic carbocycles. The molecule has 0 saturated carbocycles. The summed E-state index contributed by atoms with van der Waals surface area (Å²) in [5.41, 5.74) is 2.09. The number of rotatable bonds is 5. The number of fused-ring (bicyclic) bond motifs is 1. The lowest BCUT2D eigenvalue weighted by atomic mass is 10.0. The summed E-state index contributed by atoms with van der Waals surface area (Å²) in [4.78, 5) is 25.3. The highest BCUT2D eigenvalue weighted by Gasteiger charge is 2.22. The van der Waals surface area contributed by atoms with Crippen molar-refractivity contribution in [1.29, 1.82) is 0 Å². The molecule has 0 saturated heterocycles. The molecule has 2 unspecified atom stereocenters. The molecular formula is C20H22N4O3. The fourth-order valence-electron chi connectivity index (χ4n) is 2.95. The molecule has 1 aromatic heterocycles. The van der Waals surface area contributed by atoms with Crippen LogP contribution >= 0.6 is 0 Å². The van der Waals surface area contributed by atoms with Gasteiger partial charge in [-0.05, 0) is 44.5 Å². The van der Waals surface area contributed by atoms with E-state index in [4.69, 9.17) is 4.74 Å². The lowest BCUT2D eigenvalue weighted by Gasteiger charge is -2.20. The highest BCUT2D eigenvalue weighted by atomic mass is 16.5. The molecule has 0 aliphatic rings. The van der Waals surface area contributed by atoms with Crippen LogP contribution in [0.15, 0.2) is 47.3 Å². The molecule has 1 heterocycles. The third-order valence-electron chi connectivity index (χ3n) is 4.55. The van der Waals surface area contributed by atoms with Crippen molar-refractivity contribution in [3.05, 3.63) is 63.9 Å². The van der Waals surface area contributed by atoms with E-state index in [9.17, 15) is 9.59 Å². The van der Waals surface area contributed by atoms with Crippen LogP contribution in [0.25, 0.3) is 10.9 Å². The minimum atomic E-state index is -0.798. The summed E-state index contributed by atoms with van der Waals surface area (Å²) < 4.78 is 6.52. The summed E-state index contributed by atoms with van der Waals surface area (Å²) in [5, 5.41) is 11.3. The van der Waals surface area contributed by atoms with Gasteiger partial charge in [0.15, 0.2) is 0 Å². The van der Waals surface area contributed by atoms with Gasteiger partial charge in [0.25, 0.3) is 5.56 Å². The molecule has 1 amide bonds. The Morgan fingerprint density at radius 3 is 2.67 bits per heavy atom. The molecule has 2 atom stereocenters. The van der Waals surface area contributed by atoms with Gasteiger partial charge in [-0.15, -0.1) is 5.10 Å². The van der Waals surface area contributed by atoms with Gasteiger partial charge < -0.3 is 10.1 Å². The molecule has 3 aromatic rings. The standard InChI is InChI=1S/C20H22N4O3/c1-12-9-10-15(18(11-12)27-4)13(2)21-19(25)14(3)24-20(26)16-7-5-6-8-17(16)22-23-24/h5-11,13-14H,1-4H3,(H,21,25). The quantitative estimate of drug-likeness (QED) is 0.750. The zero-order chi connectivity index (χ0) is 19.6. The van der Waals surface area contributed by atoms with Gasteiger partial charge in [0.05, 0.1) is 18.5 Å². The van der Waals surface area contributed by atoms with Crippen LogP contribution in [-0.2, 0) is 4.79 Å². The summed E-state index contributed by atoms with van der Waals surface area (Å²) >= 11 is 0. The van der Waals surface area contributed by atoms with Gasteiger partial charge >= 0.3 is 0 Å². The first kappa shape index (κ1) is 18.6. The maximum absolute atomic E-state index is 12.7. The smallest absolute Gasteiger partial charge is 0.278 e. The van der Waals surface area contributed by atoms with Crippen molar-refractivity contribution in [2.45, 2.75) is 32.9 Å². The van der Waals surface area contributed by atoms with Crippen LogP contribution in [0.2, 0.25) is 0 Å². The summed E-state index contributed by atoms with van der Waals surface area (Å²) in [6.07, 6.45) is 0. The molecule has 3 rings (SSSR count). The van der Waals surface area contributed by atoms with Gasteiger partial charge in [0.2, 0.25) is 5.91 Å². The van der Waals surface area contributed by atoms with Crippen molar-refractivity contribution < 1.29 is 9.53 Å². The van der Waals surface area contributed by atoms with Gasteiger partial charge in [-0.2, -0.15) is 4.68 Å². The van der Waals surface area contributed by atoms with E-state index in [0.29, 0.717) is 16.7 Å². The zero-order valence-corrected chi connectivity index (χ0v) is 15.8. The molecule has 0 radical (unpaired) electrons. The van der Waals surface area contributed by atoms with E-state index in [1.807, 2.05) is 32.0 Å². The fraction of sp³-hybridized carbons (Fsp3) is 0.300. The molecule has 2 aromatic carbocycles. The van der Waals surface area contributed by atoms with Crippen LogP contribution in [0.3, 0.4) is 0 Å². The first-order valence-electron chi connectivity index (χ1n) is 8.71. The molecule has 0 fully saturated rings. The second kappa shape index (κ2) is 7.57. The Hall–Kier alpha value is -3.22. The highest BCUT2D eigenvalue weighted by molar-refractivity contribution is 5.81. The molecule has 0 aliphatic heterocycles. The van der Waals surface area contributed by atoms with Gasteiger partial charge in [0.1, 0.15) is 17.3 Å². The molecular weight excluding hydrogens is 344 g/mol. The number of benzene rings is 2. The molecule has 1 N–H and O–H groups in total. The Bertz CT molecular complexity index is 1040. The lowest BCUT2D eigenvalue weighted by molar-refractivity contribution is -0.124. The second-order valence-electron chi connectivity index (χ2n) is 6.51. The number of nitrogens with zero attached hydrogens (tertiary/aromatic N) is 3. The molecule has 7 nitrogen and oxygen atoms in total. The minimum Gasteiger partial charge on any atom is -0.496 e. The van der Waals surface area contributed by atoms with Crippen LogP contribution in [0.5, 0.6) is 5.75 Å². The van der Waals surface area contributed by atoms with Crippen molar-refractivity contribution in [2.24, 2.45) is 0 Å². The molecule has 27 heavy (non-hydrogen) atoms. The van der Waals surface area contributed by atoms with E-state index in [1.54, 1.807) is 38.3 Å². The fourth-order valence-corrected chi connectivity index (χ4v) is 2.95. The van der Waals surface area contributed by atoms with Gasteiger partial charge in [-0.3, -0.25) is 9.59 Å². The van der Waals surface area contributed by atoms with E-state index in [2.05, 4.69) is 15.6 Å². The van der Waals surface area contributed by atoms with Crippen LogP contribution in [0.1, 0.15) is 37.1 Å². The van der Waals surface area contributed by atoms with Crippen LogP contribution in [-0.4, -0.2) is 28.0 Å². The minimum absolute atomic E-state index is 0.292. The number of carbonyl (C=O) groups excluding carboxylic acids is 1. The third kappa shape index (κ3) is 3.67. The maximum Gasteiger partial charge on any atom is 0.278 e. The molecule has 140 valence electrons. The number of aromatic nitrogens is 3. The predicted octanol–water partition coefficient (Wildman–Crippen LogP) is 2.55. The van der Waals surface area contributed by atoms with Crippen molar-refractivity contribution in [3.8, 4) is 5.75 Å². The number of ether oxygens (including phenoxy) is 1. The van der Waals surface area contributed by atoms with Crippen LogP contribution < -0.4 is 15.6 Å². The van der Waals surface area contributed by atoms with Crippen molar-refractivity contribution in [1.82, 2.24) is 20.3 Å². The average Bonchev–Trinajstić information content (AvgIpc) is 2.67. The van der Waals surface area contributed by atoms with Crippen molar-refractivity contribution >= 4 is 16.8 Å². The third-order valence-corrected chi connectivity index (χ3v) is 4.55. The summed E-state index contributed by atoms with van der Waals surface area (Å²) in [6.45, 7) is 5.47. The Balaban J connectivity index is 1.84. The number of amides is 1. The zero-order valence-electron chi connectivity index (χ0n) is 15.8. The van der Waals surface area contributed by atoms with Gasteiger partial charge in [-0.25, -0.2) is 0 Å².